The molecule has 15 heavy (non-hydrogen) atoms. The zero-order valence-corrected chi connectivity index (χ0v) is 8.63. The predicted octanol–water partition coefficient (Wildman–Crippen LogP) is -3.04. The van der Waals surface area contributed by atoms with E-state index in [1.165, 1.54) is 7.11 Å². The third-order valence-corrected chi connectivity index (χ3v) is 2.32. The number of esters is 1. The summed E-state index contributed by atoms with van der Waals surface area (Å²) in [5, 5.41) is 0. The predicted molar refractivity (Wildman–Crippen MR) is 64.1 cm³/mol. The van der Waals surface area contributed by atoms with Crippen LogP contribution in [-0.4, -0.2) is 44.5 Å². The molecule has 0 amide bonds. The van der Waals surface area contributed by atoms with E-state index in [0.717, 1.165) is 0 Å². The minimum atomic E-state index is -0.650. The lowest BCUT2D eigenvalue weighted by Gasteiger charge is -2.18. The third kappa shape index (κ3) is 1.85. The Balaban J connectivity index is 3.60. The van der Waals surface area contributed by atoms with Gasteiger partial charge in [-0.3, -0.25) is 0 Å². The lowest BCUT2D eigenvalue weighted by molar-refractivity contribution is 0.0604. The molecule has 66 valence electrons. The highest BCUT2D eigenvalue weighted by Crippen LogP contribution is 1.93. The van der Waals surface area contributed by atoms with E-state index in [0.29, 0.717) is 5.56 Å². The fourth-order valence-electron chi connectivity index (χ4n) is 1.29. The molecular formula is C9H6B4O2. The SMILES string of the molecule is [B]c1c([B])c(C(=O)OC)c([B])c([B])c1C. The van der Waals surface area contributed by atoms with E-state index in [1.807, 2.05) is 0 Å². The van der Waals surface area contributed by atoms with E-state index < -0.39 is 5.97 Å². The molecule has 0 saturated carbocycles. The van der Waals surface area contributed by atoms with Gasteiger partial charge in [0.25, 0.3) is 0 Å². The van der Waals surface area contributed by atoms with Crippen LogP contribution in [0, 0.1) is 6.92 Å². The van der Waals surface area contributed by atoms with Crippen molar-refractivity contribution >= 4 is 59.2 Å². The van der Waals surface area contributed by atoms with Crippen molar-refractivity contribution in [3.63, 3.8) is 0 Å². The van der Waals surface area contributed by atoms with Crippen LogP contribution in [0.1, 0.15) is 15.9 Å². The molecule has 0 aliphatic rings. The minimum absolute atomic E-state index is 0.0260. The molecule has 0 atom stereocenters. The maximum atomic E-state index is 11.4. The van der Waals surface area contributed by atoms with Crippen LogP contribution in [0.2, 0.25) is 0 Å². The van der Waals surface area contributed by atoms with Crippen molar-refractivity contribution in [2.45, 2.75) is 6.92 Å². The van der Waals surface area contributed by atoms with Gasteiger partial charge in [0.1, 0.15) is 31.4 Å². The summed E-state index contributed by atoms with van der Waals surface area (Å²) in [6, 6.07) is 0. The number of rotatable bonds is 1. The van der Waals surface area contributed by atoms with Crippen molar-refractivity contribution in [1.82, 2.24) is 0 Å². The van der Waals surface area contributed by atoms with Crippen molar-refractivity contribution in [3.05, 3.63) is 11.1 Å². The van der Waals surface area contributed by atoms with E-state index in [2.05, 4.69) is 4.74 Å². The summed E-state index contributed by atoms with van der Waals surface area (Å²) in [7, 11) is 23.9. The van der Waals surface area contributed by atoms with Gasteiger partial charge in [-0.2, -0.15) is 0 Å². The van der Waals surface area contributed by atoms with Gasteiger partial charge in [0.2, 0.25) is 0 Å². The molecule has 0 aliphatic heterocycles. The summed E-state index contributed by atoms with van der Waals surface area (Å²) >= 11 is 0. The average Bonchev–Trinajstić information content (AvgIpc) is 2.23. The second kappa shape index (κ2) is 4.21. The Morgan fingerprint density at radius 2 is 1.40 bits per heavy atom. The van der Waals surface area contributed by atoms with E-state index in [4.69, 9.17) is 31.4 Å². The van der Waals surface area contributed by atoms with Crippen molar-refractivity contribution in [3.8, 4) is 0 Å². The highest BCUT2D eigenvalue weighted by molar-refractivity contribution is 6.59. The van der Waals surface area contributed by atoms with Gasteiger partial charge in [0, 0.05) is 5.56 Å². The van der Waals surface area contributed by atoms with Gasteiger partial charge in [0.05, 0.1) is 7.11 Å². The lowest BCUT2D eigenvalue weighted by Crippen LogP contribution is -2.48. The number of carbonyl (C=O) groups is 1. The molecule has 1 aromatic carbocycles. The first-order valence-corrected chi connectivity index (χ1v) is 4.22. The zero-order chi connectivity index (χ0) is 11.7. The molecule has 0 bridgehead atoms. The van der Waals surface area contributed by atoms with E-state index in [1.54, 1.807) is 6.92 Å². The van der Waals surface area contributed by atoms with Crippen LogP contribution in [0.4, 0.5) is 0 Å². The normalized spacial score (nSPS) is 10.0. The molecule has 6 heteroatoms. The summed E-state index contributed by atoms with van der Waals surface area (Å²) in [5.74, 6) is -0.650. The van der Waals surface area contributed by atoms with E-state index in [9.17, 15) is 4.79 Å². The second-order valence-corrected chi connectivity index (χ2v) is 3.15. The molecule has 0 saturated heterocycles. The molecule has 0 fully saturated rings. The second-order valence-electron chi connectivity index (χ2n) is 3.15. The first-order chi connectivity index (χ1) is 6.91. The van der Waals surface area contributed by atoms with Crippen molar-refractivity contribution in [2.75, 3.05) is 7.11 Å². The standard InChI is InChI=1S/C9H6B4O2/c1-3-5(10)7(12)4(9(14)15-2)8(13)6(3)11/h1-2H3. The summed E-state index contributed by atoms with van der Waals surface area (Å²) in [6.45, 7) is 1.68. The molecule has 0 aliphatic carbocycles. The molecule has 0 N–H and O–H groups in total. The maximum Gasteiger partial charge on any atom is 0.336 e. The zero-order valence-electron chi connectivity index (χ0n) is 8.63. The van der Waals surface area contributed by atoms with Crippen LogP contribution in [0.5, 0.6) is 0 Å². The smallest absolute Gasteiger partial charge is 0.336 e. The molecule has 0 spiro atoms. The minimum Gasteiger partial charge on any atom is -0.465 e. The van der Waals surface area contributed by atoms with Crippen LogP contribution in [0.15, 0.2) is 0 Å². The fourth-order valence-corrected chi connectivity index (χ4v) is 1.29. The highest BCUT2D eigenvalue weighted by Gasteiger charge is 2.16. The number of methoxy groups -OCH3 is 1. The Hall–Kier alpha value is -1.05. The van der Waals surface area contributed by atoms with E-state index >= 15 is 0 Å². The van der Waals surface area contributed by atoms with Crippen LogP contribution in [-0.2, 0) is 4.74 Å². The molecule has 0 heterocycles. The Bertz CT molecular complexity index is 400. The van der Waals surface area contributed by atoms with Crippen molar-refractivity contribution in [2.24, 2.45) is 0 Å². The van der Waals surface area contributed by atoms with Gasteiger partial charge >= 0.3 is 5.97 Å². The van der Waals surface area contributed by atoms with Crippen molar-refractivity contribution in [1.29, 1.82) is 0 Å². The number of hydrogen-bond acceptors (Lipinski definition) is 2. The number of benzene rings is 1. The van der Waals surface area contributed by atoms with Gasteiger partial charge in [-0.1, -0.05) is 16.5 Å². The average molecular weight is 189 g/mol. The number of hydrogen-bond donors (Lipinski definition) is 0. The van der Waals surface area contributed by atoms with Gasteiger partial charge < -0.3 is 4.74 Å². The Kier molecular flexibility index (Phi) is 3.38. The van der Waals surface area contributed by atoms with Crippen molar-refractivity contribution < 1.29 is 9.53 Å². The number of carbonyl (C=O) groups excluding carboxylic acids is 1. The largest absolute Gasteiger partial charge is 0.465 e. The van der Waals surface area contributed by atoms with Gasteiger partial charge in [-0.05, 0) is 6.92 Å². The third-order valence-electron chi connectivity index (χ3n) is 2.32. The maximum absolute atomic E-state index is 11.4. The highest BCUT2D eigenvalue weighted by atomic mass is 16.5. The summed E-state index contributed by atoms with van der Waals surface area (Å²) in [5.41, 5.74) is 1.30. The first kappa shape index (κ1) is 12.0. The Morgan fingerprint density at radius 3 is 1.73 bits per heavy atom. The fraction of sp³-hybridized carbons (Fsp3) is 0.222. The Labute approximate surface area is 94.4 Å². The molecular weight excluding hydrogens is 183 g/mol. The first-order valence-electron chi connectivity index (χ1n) is 4.22. The molecule has 0 unspecified atom stereocenters. The van der Waals surface area contributed by atoms with Crippen LogP contribution < -0.4 is 21.9 Å². The van der Waals surface area contributed by atoms with Gasteiger partial charge in [-0.25, -0.2) is 4.79 Å². The van der Waals surface area contributed by atoms with Crippen LogP contribution in [0.25, 0.3) is 0 Å². The van der Waals surface area contributed by atoms with Gasteiger partial charge in [-0.15, -0.1) is 10.9 Å². The molecule has 8 radical (unpaired) electrons. The Morgan fingerprint density at radius 1 is 1.00 bits per heavy atom. The number of ether oxygens (including phenoxy) is 1. The van der Waals surface area contributed by atoms with Crippen LogP contribution in [0.3, 0.4) is 0 Å². The molecule has 1 rings (SSSR count). The van der Waals surface area contributed by atoms with Gasteiger partial charge in [0.15, 0.2) is 0 Å². The topological polar surface area (TPSA) is 26.3 Å². The summed E-state index contributed by atoms with van der Waals surface area (Å²) in [6.07, 6.45) is 0. The monoisotopic (exact) mass is 190 g/mol. The lowest BCUT2D eigenvalue weighted by atomic mass is 9.65. The molecule has 2 nitrogen and oxygen atoms in total. The van der Waals surface area contributed by atoms with E-state index in [-0.39, 0.29) is 27.4 Å². The quantitative estimate of drug-likeness (QED) is 0.347. The van der Waals surface area contributed by atoms with Crippen LogP contribution >= 0.6 is 0 Å². The molecule has 0 aromatic heterocycles. The summed E-state index contributed by atoms with van der Waals surface area (Å²) < 4.78 is 4.54. The summed E-state index contributed by atoms with van der Waals surface area (Å²) in [4.78, 5) is 11.4. The molecule has 1 aromatic rings.